The molecule has 1 atom stereocenters. The van der Waals surface area contributed by atoms with Crippen molar-refractivity contribution in [2.24, 2.45) is 0 Å². The molecular formula is C55H64O6. The highest BCUT2D eigenvalue weighted by Gasteiger charge is 2.42. The SMILES string of the molecule is CCC(C)(Cc1cc(C(C)(C)c2ccc(O)cc2)ccc1O)c1cc(C(C)(C)c2ccc(O)cc2)cc(C(CC)(CC)c2cc(C(C)(C)c3ccc(O)cc3)ccc2O)c1O. The molecule has 6 heteroatoms. The maximum atomic E-state index is 13.0. The van der Waals surface area contributed by atoms with Crippen molar-refractivity contribution in [3.8, 4) is 34.5 Å². The van der Waals surface area contributed by atoms with Crippen LogP contribution in [0.1, 0.15) is 144 Å². The highest BCUT2D eigenvalue weighted by atomic mass is 16.3. The van der Waals surface area contributed by atoms with Crippen molar-refractivity contribution < 1.29 is 30.6 Å². The molecule has 0 saturated carbocycles. The zero-order chi connectivity index (χ0) is 44.7. The molecule has 320 valence electrons. The molecule has 1 unspecified atom stereocenters. The van der Waals surface area contributed by atoms with Gasteiger partial charge in [0, 0.05) is 43.8 Å². The Morgan fingerprint density at radius 3 is 1.15 bits per heavy atom. The van der Waals surface area contributed by atoms with E-state index in [1.165, 1.54) is 0 Å². The van der Waals surface area contributed by atoms with Gasteiger partial charge in [0.2, 0.25) is 0 Å². The van der Waals surface area contributed by atoms with Gasteiger partial charge in [-0.15, -0.1) is 0 Å². The summed E-state index contributed by atoms with van der Waals surface area (Å²) in [4.78, 5) is 0. The normalized spacial score (nSPS) is 13.5. The molecule has 0 spiro atoms. The molecule has 6 nitrogen and oxygen atoms in total. The zero-order valence-corrected chi connectivity index (χ0v) is 37.6. The topological polar surface area (TPSA) is 121 Å². The quantitative estimate of drug-likeness (QED) is 0.0651. The van der Waals surface area contributed by atoms with Crippen molar-refractivity contribution in [2.45, 2.75) is 122 Å². The van der Waals surface area contributed by atoms with Gasteiger partial charge in [-0.2, -0.15) is 0 Å². The van der Waals surface area contributed by atoms with E-state index in [2.05, 4.69) is 93.5 Å². The van der Waals surface area contributed by atoms with Crippen molar-refractivity contribution in [3.05, 3.63) is 177 Å². The molecule has 0 bridgehead atoms. The summed E-state index contributed by atoms with van der Waals surface area (Å²) in [7, 11) is 0. The maximum Gasteiger partial charge on any atom is 0.123 e. The third-order valence-corrected chi connectivity index (χ3v) is 14.4. The lowest BCUT2D eigenvalue weighted by molar-refractivity contribution is 0.370. The van der Waals surface area contributed by atoms with E-state index in [0.717, 1.165) is 55.6 Å². The minimum absolute atomic E-state index is 0.148. The molecule has 0 aliphatic carbocycles. The Kier molecular flexibility index (Phi) is 12.1. The second-order valence-corrected chi connectivity index (χ2v) is 18.9. The predicted molar refractivity (Wildman–Crippen MR) is 248 cm³/mol. The van der Waals surface area contributed by atoms with Crippen molar-refractivity contribution in [2.75, 3.05) is 0 Å². The molecule has 0 aliphatic heterocycles. The molecule has 0 saturated heterocycles. The highest BCUT2D eigenvalue weighted by molar-refractivity contribution is 5.60. The van der Waals surface area contributed by atoms with Crippen LogP contribution in [0.3, 0.4) is 0 Å². The predicted octanol–water partition coefficient (Wildman–Crippen LogP) is 12.9. The van der Waals surface area contributed by atoms with E-state index >= 15 is 0 Å². The van der Waals surface area contributed by atoms with Gasteiger partial charge in [0.15, 0.2) is 0 Å². The largest absolute Gasteiger partial charge is 0.508 e. The number of aromatic hydroxyl groups is 6. The van der Waals surface area contributed by atoms with Crippen molar-refractivity contribution in [3.63, 3.8) is 0 Å². The molecule has 6 rings (SSSR count). The number of phenolic OH excluding ortho intramolecular Hbond substituents is 6. The van der Waals surface area contributed by atoms with Gasteiger partial charge in [-0.1, -0.05) is 142 Å². The second-order valence-electron chi connectivity index (χ2n) is 18.9. The van der Waals surface area contributed by atoms with Crippen LogP contribution in [0.5, 0.6) is 34.5 Å². The van der Waals surface area contributed by atoms with E-state index in [1.807, 2.05) is 48.5 Å². The molecule has 0 aliphatic rings. The van der Waals surface area contributed by atoms with Crippen LogP contribution in [-0.4, -0.2) is 30.6 Å². The zero-order valence-electron chi connectivity index (χ0n) is 37.6. The smallest absolute Gasteiger partial charge is 0.123 e. The first-order chi connectivity index (χ1) is 28.6. The van der Waals surface area contributed by atoms with Crippen LogP contribution in [0, 0.1) is 0 Å². The molecule has 0 radical (unpaired) electrons. The Morgan fingerprint density at radius 1 is 0.361 bits per heavy atom. The van der Waals surface area contributed by atoms with E-state index < -0.39 is 27.1 Å². The summed E-state index contributed by atoms with van der Waals surface area (Å²) < 4.78 is 0. The summed E-state index contributed by atoms with van der Waals surface area (Å²) >= 11 is 0. The fourth-order valence-electron chi connectivity index (χ4n) is 9.37. The third kappa shape index (κ3) is 8.17. The lowest BCUT2D eigenvalue weighted by Crippen LogP contribution is -2.32. The summed E-state index contributed by atoms with van der Waals surface area (Å²) in [6.45, 7) is 21.3. The fourth-order valence-corrected chi connectivity index (χ4v) is 9.37. The number of hydrogen-bond donors (Lipinski definition) is 6. The Labute approximate surface area is 362 Å². The van der Waals surface area contributed by atoms with Crippen LogP contribution in [0.25, 0.3) is 0 Å². The van der Waals surface area contributed by atoms with Gasteiger partial charge in [-0.3, -0.25) is 0 Å². The third-order valence-electron chi connectivity index (χ3n) is 14.4. The van der Waals surface area contributed by atoms with Crippen LogP contribution in [0.2, 0.25) is 0 Å². The Hall–Kier alpha value is -5.88. The van der Waals surface area contributed by atoms with E-state index in [1.54, 1.807) is 48.5 Å². The van der Waals surface area contributed by atoms with Gasteiger partial charge < -0.3 is 30.6 Å². The van der Waals surface area contributed by atoms with Gasteiger partial charge in [0.25, 0.3) is 0 Å². The van der Waals surface area contributed by atoms with Gasteiger partial charge >= 0.3 is 0 Å². The lowest BCUT2D eigenvalue weighted by Gasteiger charge is -2.40. The van der Waals surface area contributed by atoms with Crippen LogP contribution in [0.4, 0.5) is 0 Å². The summed E-state index contributed by atoms with van der Waals surface area (Å²) in [6.07, 6.45) is 2.22. The summed E-state index contributed by atoms with van der Waals surface area (Å²) in [5.74, 6) is 1.08. The summed E-state index contributed by atoms with van der Waals surface area (Å²) in [6, 6.07) is 37.6. The molecule has 0 heterocycles. The van der Waals surface area contributed by atoms with Gasteiger partial charge in [-0.05, 0) is 113 Å². The number of rotatable bonds is 14. The Bertz CT molecular complexity index is 2490. The van der Waals surface area contributed by atoms with E-state index in [0.29, 0.717) is 25.7 Å². The van der Waals surface area contributed by atoms with Gasteiger partial charge in [-0.25, -0.2) is 0 Å². The first kappa shape index (κ1) is 44.7. The van der Waals surface area contributed by atoms with Crippen molar-refractivity contribution in [1.29, 1.82) is 0 Å². The minimum atomic E-state index is -0.824. The van der Waals surface area contributed by atoms with Crippen LogP contribution >= 0.6 is 0 Å². The van der Waals surface area contributed by atoms with E-state index in [9.17, 15) is 30.6 Å². The molecule has 61 heavy (non-hydrogen) atoms. The molecule has 6 N–H and O–H groups in total. The van der Waals surface area contributed by atoms with Crippen LogP contribution in [0.15, 0.2) is 121 Å². The number of benzene rings is 6. The number of hydrogen-bond acceptors (Lipinski definition) is 6. The molecule has 6 aromatic carbocycles. The monoisotopic (exact) mass is 820 g/mol. The average molecular weight is 821 g/mol. The Balaban J connectivity index is 1.58. The number of phenols is 6. The van der Waals surface area contributed by atoms with Crippen molar-refractivity contribution >= 4 is 0 Å². The summed E-state index contributed by atoms with van der Waals surface area (Å²) in [5.41, 5.74) is 5.98. The Morgan fingerprint density at radius 2 is 0.721 bits per heavy atom. The van der Waals surface area contributed by atoms with Gasteiger partial charge in [0.1, 0.15) is 34.5 Å². The first-order valence-corrected chi connectivity index (χ1v) is 21.6. The molecule has 0 aromatic heterocycles. The van der Waals surface area contributed by atoms with E-state index in [4.69, 9.17) is 0 Å². The molecular weight excluding hydrogens is 757 g/mol. The average Bonchev–Trinajstić information content (AvgIpc) is 3.23. The molecule has 0 amide bonds. The maximum absolute atomic E-state index is 13.0. The van der Waals surface area contributed by atoms with Crippen LogP contribution < -0.4 is 0 Å². The highest BCUT2D eigenvalue weighted by Crippen LogP contribution is 2.53. The molecule has 0 fully saturated rings. The van der Waals surface area contributed by atoms with Crippen molar-refractivity contribution in [1.82, 2.24) is 0 Å². The van der Waals surface area contributed by atoms with E-state index in [-0.39, 0.29) is 34.5 Å². The minimum Gasteiger partial charge on any atom is -0.508 e. The fraction of sp³-hybridized carbons (Fsp3) is 0.345. The molecule has 6 aromatic rings. The lowest BCUT2D eigenvalue weighted by atomic mass is 9.64. The van der Waals surface area contributed by atoms with Gasteiger partial charge in [0.05, 0.1) is 0 Å². The first-order valence-electron chi connectivity index (χ1n) is 21.6. The summed E-state index contributed by atoms with van der Waals surface area (Å²) in [5, 5.41) is 66.7. The standard InChI is InChI=1S/C55H64O6/c1-11-54(10,34-35-30-39(20-28-48(35)59)51(4,5)36-14-22-42(56)23-15-36)46-32-41(53(8,9)38-18-26-44(58)27-19-38)33-47(50(46)61)55(12-2,13-3)45-31-40(21-29-49(45)60)52(6,7)37-16-24-43(57)25-17-37/h14-33,56-61H,11-13,34H2,1-10H3. The second kappa shape index (κ2) is 16.5. The van der Waals surface area contributed by atoms with Crippen LogP contribution in [-0.2, 0) is 33.5 Å².